The van der Waals surface area contributed by atoms with Crippen LogP contribution in [0.15, 0.2) is 24.3 Å². The van der Waals surface area contributed by atoms with Gasteiger partial charge in [-0.25, -0.2) is 0 Å². The van der Waals surface area contributed by atoms with Crippen molar-refractivity contribution >= 4 is 11.6 Å². The maximum absolute atomic E-state index is 5.51. The second-order valence-corrected chi connectivity index (χ2v) is 3.30. The lowest BCUT2D eigenvalue weighted by atomic mass is 10.1. The smallest absolute Gasteiger partial charge is 0.119 e. The van der Waals surface area contributed by atoms with Crippen LogP contribution in [0, 0.1) is 0 Å². The molecule has 0 spiro atoms. The number of halogens is 1. The highest BCUT2D eigenvalue weighted by molar-refractivity contribution is 6.17. The van der Waals surface area contributed by atoms with Crippen molar-refractivity contribution in [2.75, 3.05) is 26.2 Å². The van der Waals surface area contributed by atoms with Crippen LogP contribution in [0.2, 0.25) is 0 Å². The molecule has 0 saturated heterocycles. The molecule has 3 heteroatoms. The summed E-state index contributed by atoms with van der Waals surface area (Å²) < 4.78 is 10.3. The van der Waals surface area contributed by atoms with E-state index in [1.807, 2.05) is 24.3 Å². The summed E-state index contributed by atoms with van der Waals surface area (Å²) in [5, 5.41) is 0. The summed E-state index contributed by atoms with van der Waals surface area (Å²) in [5.41, 5.74) is 1.25. The Labute approximate surface area is 89.8 Å². The lowest BCUT2D eigenvalue weighted by Gasteiger charge is -2.05. The van der Waals surface area contributed by atoms with Gasteiger partial charge in [-0.15, -0.1) is 11.6 Å². The predicted octanol–water partition coefficient (Wildman–Crippen LogP) is 2.49. The quantitative estimate of drug-likeness (QED) is 0.678. The molecule has 14 heavy (non-hydrogen) atoms. The fourth-order valence-electron chi connectivity index (χ4n) is 1.13. The van der Waals surface area contributed by atoms with Gasteiger partial charge in [0.05, 0.1) is 12.5 Å². The van der Waals surface area contributed by atoms with E-state index in [1.165, 1.54) is 5.56 Å². The molecule has 2 nitrogen and oxygen atoms in total. The van der Waals surface area contributed by atoms with Gasteiger partial charge in [-0.2, -0.15) is 0 Å². The number of methoxy groups -OCH3 is 1. The number of benzene rings is 1. The second-order valence-electron chi connectivity index (χ2n) is 2.92. The number of rotatable bonds is 6. The minimum Gasteiger partial charge on any atom is -0.492 e. The third-order valence-electron chi connectivity index (χ3n) is 1.86. The molecule has 1 rings (SSSR count). The van der Waals surface area contributed by atoms with E-state index >= 15 is 0 Å². The zero-order chi connectivity index (χ0) is 10.2. The first-order valence-electron chi connectivity index (χ1n) is 4.63. The van der Waals surface area contributed by atoms with E-state index in [0.717, 1.165) is 18.8 Å². The van der Waals surface area contributed by atoms with Gasteiger partial charge in [0.2, 0.25) is 0 Å². The van der Waals surface area contributed by atoms with Crippen LogP contribution < -0.4 is 4.74 Å². The zero-order valence-corrected chi connectivity index (χ0v) is 9.09. The van der Waals surface area contributed by atoms with Gasteiger partial charge < -0.3 is 9.47 Å². The molecule has 0 radical (unpaired) electrons. The molecule has 1 aromatic carbocycles. The molecule has 0 amide bonds. The van der Waals surface area contributed by atoms with Crippen LogP contribution in [0.5, 0.6) is 5.75 Å². The van der Waals surface area contributed by atoms with Crippen LogP contribution in [0.3, 0.4) is 0 Å². The summed E-state index contributed by atoms with van der Waals surface area (Å²) in [6.07, 6.45) is 0.937. The number of ether oxygens (including phenoxy) is 2. The van der Waals surface area contributed by atoms with E-state index in [1.54, 1.807) is 7.11 Å². The summed E-state index contributed by atoms with van der Waals surface area (Å²) in [7, 11) is 1.71. The van der Waals surface area contributed by atoms with Gasteiger partial charge in [-0.05, 0) is 24.1 Å². The Kier molecular flexibility index (Phi) is 5.42. The Morgan fingerprint density at radius 2 is 1.86 bits per heavy atom. The van der Waals surface area contributed by atoms with Gasteiger partial charge in [0.25, 0.3) is 0 Å². The summed E-state index contributed by atoms with van der Waals surface area (Å²) in [5.74, 6) is 1.39. The Morgan fingerprint density at radius 3 is 2.43 bits per heavy atom. The van der Waals surface area contributed by atoms with Crippen molar-refractivity contribution in [1.82, 2.24) is 0 Å². The van der Waals surface area contributed by atoms with Crippen LogP contribution in [-0.4, -0.2) is 26.2 Å². The highest BCUT2D eigenvalue weighted by atomic mass is 35.5. The molecule has 0 aromatic heterocycles. The van der Waals surface area contributed by atoms with Crippen molar-refractivity contribution in [2.45, 2.75) is 6.42 Å². The van der Waals surface area contributed by atoms with E-state index in [0.29, 0.717) is 12.5 Å². The van der Waals surface area contributed by atoms with E-state index in [-0.39, 0.29) is 0 Å². The zero-order valence-electron chi connectivity index (χ0n) is 8.33. The van der Waals surface area contributed by atoms with E-state index in [2.05, 4.69) is 0 Å². The lowest BCUT2D eigenvalue weighted by molar-refractivity contribution is 0.202. The van der Waals surface area contributed by atoms with Crippen molar-refractivity contribution in [3.05, 3.63) is 29.8 Å². The Bertz CT molecular complexity index is 219. The van der Waals surface area contributed by atoms with Crippen molar-refractivity contribution in [3.63, 3.8) is 0 Å². The predicted molar refractivity (Wildman–Crippen MR) is 58.2 cm³/mol. The molecular formula is C11H15ClO2. The van der Waals surface area contributed by atoms with E-state index in [4.69, 9.17) is 21.1 Å². The first kappa shape index (κ1) is 11.3. The fraction of sp³-hybridized carbons (Fsp3) is 0.455. The first-order chi connectivity index (χ1) is 6.86. The monoisotopic (exact) mass is 214 g/mol. The lowest BCUT2D eigenvalue weighted by Crippen LogP contribution is -1.98. The SMILES string of the molecule is COCCc1ccc(OCCCl)cc1. The highest BCUT2D eigenvalue weighted by Gasteiger charge is 1.95. The number of hydrogen-bond donors (Lipinski definition) is 0. The topological polar surface area (TPSA) is 18.5 Å². The molecule has 0 bridgehead atoms. The molecule has 0 unspecified atom stereocenters. The molecule has 78 valence electrons. The average molecular weight is 215 g/mol. The van der Waals surface area contributed by atoms with Crippen LogP contribution >= 0.6 is 11.6 Å². The normalized spacial score (nSPS) is 10.1. The highest BCUT2D eigenvalue weighted by Crippen LogP contribution is 2.12. The maximum atomic E-state index is 5.51. The van der Waals surface area contributed by atoms with Crippen molar-refractivity contribution in [2.24, 2.45) is 0 Å². The Hall–Kier alpha value is -0.730. The first-order valence-corrected chi connectivity index (χ1v) is 5.17. The van der Waals surface area contributed by atoms with Crippen molar-refractivity contribution < 1.29 is 9.47 Å². The second kappa shape index (κ2) is 6.68. The molecule has 0 aliphatic rings. The van der Waals surface area contributed by atoms with Crippen LogP contribution in [-0.2, 0) is 11.2 Å². The van der Waals surface area contributed by atoms with Gasteiger partial charge in [0.1, 0.15) is 12.4 Å². The average Bonchev–Trinajstić information content (AvgIpc) is 2.25. The van der Waals surface area contributed by atoms with Crippen LogP contribution in [0.1, 0.15) is 5.56 Å². The molecule has 0 heterocycles. The molecule has 0 aliphatic carbocycles. The van der Waals surface area contributed by atoms with Crippen LogP contribution in [0.25, 0.3) is 0 Å². The van der Waals surface area contributed by atoms with Crippen molar-refractivity contribution in [3.8, 4) is 5.75 Å². The van der Waals surface area contributed by atoms with Gasteiger partial charge in [-0.1, -0.05) is 12.1 Å². The third kappa shape index (κ3) is 3.99. The van der Waals surface area contributed by atoms with Crippen LogP contribution in [0.4, 0.5) is 0 Å². The molecule has 0 aliphatic heterocycles. The molecule has 1 aromatic rings. The number of hydrogen-bond acceptors (Lipinski definition) is 2. The Balaban J connectivity index is 2.42. The summed E-state index contributed by atoms with van der Waals surface area (Å²) >= 11 is 5.51. The van der Waals surface area contributed by atoms with Gasteiger partial charge in [0.15, 0.2) is 0 Å². The maximum Gasteiger partial charge on any atom is 0.119 e. The number of alkyl halides is 1. The molecule has 0 saturated carbocycles. The Morgan fingerprint density at radius 1 is 1.14 bits per heavy atom. The third-order valence-corrected chi connectivity index (χ3v) is 2.02. The summed E-state index contributed by atoms with van der Waals surface area (Å²) in [6, 6.07) is 8.00. The van der Waals surface area contributed by atoms with Crippen molar-refractivity contribution in [1.29, 1.82) is 0 Å². The minimum absolute atomic E-state index is 0.519. The molecule has 0 atom stereocenters. The minimum atomic E-state index is 0.519. The van der Waals surface area contributed by atoms with Gasteiger partial charge in [-0.3, -0.25) is 0 Å². The fourth-order valence-corrected chi connectivity index (χ4v) is 1.21. The van der Waals surface area contributed by atoms with Gasteiger partial charge in [0, 0.05) is 7.11 Å². The largest absolute Gasteiger partial charge is 0.492 e. The van der Waals surface area contributed by atoms with Gasteiger partial charge >= 0.3 is 0 Å². The standard InChI is InChI=1S/C11H15ClO2/c1-13-8-6-10-2-4-11(5-3-10)14-9-7-12/h2-5H,6-9H2,1H3. The molecule has 0 fully saturated rings. The summed E-state index contributed by atoms with van der Waals surface area (Å²) in [4.78, 5) is 0. The summed E-state index contributed by atoms with van der Waals surface area (Å²) in [6.45, 7) is 1.31. The van der Waals surface area contributed by atoms with E-state index < -0.39 is 0 Å². The molecular weight excluding hydrogens is 200 g/mol. The molecule has 0 N–H and O–H groups in total. The van der Waals surface area contributed by atoms with E-state index in [9.17, 15) is 0 Å².